The Hall–Kier alpha value is -3.19. The van der Waals surface area contributed by atoms with E-state index >= 15 is 0 Å². The fourth-order valence-electron chi connectivity index (χ4n) is 3.81. The molecule has 0 aliphatic carbocycles. The molecule has 1 aliphatic rings. The third-order valence-electron chi connectivity index (χ3n) is 5.10. The van der Waals surface area contributed by atoms with Crippen LogP contribution in [0.4, 0.5) is 4.79 Å². The van der Waals surface area contributed by atoms with Crippen molar-refractivity contribution >= 4 is 17.7 Å². The van der Waals surface area contributed by atoms with Gasteiger partial charge in [0.1, 0.15) is 11.7 Å². The molecule has 2 unspecified atom stereocenters. The number of carbonyl (C=O) groups excluding carboxylic acids is 2. The molecule has 0 spiro atoms. The Morgan fingerprint density at radius 3 is 2.41 bits per heavy atom. The Bertz CT molecular complexity index is 941. The highest BCUT2D eigenvalue weighted by molar-refractivity contribution is 6.10. The van der Waals surface area contributed by atoms with Crippen molar-refractivity contribution in [2.45, 2.75) is 39.5 Å². The van der Waals surface area contributed by atoms with Gasteiger partial charge in [0, 0.05) is 13.1 Å². The standard InChI is InChI=1S/C25H31N3O4/c1-5-31-24(29)22-21(16-28(4)15-18-9-7-6-8-10-18)26-25(30)27-23(22)19-11-13-20(14-12-19)32-17(2)3/h6-14,17,22-23H,5,15-16H2,1-4H3,(H,27,30). The van der Waals surface area contributed by atoms with Crippen LogP contribution in [0.15, 0.2) is 59.6 Å². The van der Waals surface area contributed by atoms with E-state index < -0.39 is 24.0 Å². The number of urea groups is 1. The number of hydrogen-bond donors (Lipinski definition) is 1. The van der Waals surface area contributed by atoms with Crippen LogP contribution in [0.5, 0.6) is 5.75 Å². The molecule has 1 heterocycles. The minimum absolute atomic E-state index is 0.0569. The molecular weight excluding hydrogens is 406 g/mol. The topological polar surface area (TPSA) is 80.2 Å². The smallest absolute Gasteiger partial charge is 0.341 e. The zero-order valence-electron chi connectivity index (χ0n) is 19.1. The Balaban J connectivity index is 1.85. The van der Waals surface area contributed by atoms with Crippen molar-refractivity contribution in [3.8, 4) is 5.75 Å². The summed E-state index contributed by atoms with van der Waals surface area (Å²) in [6.45, 7) is 6.98. The van der Waals surface area contributed by atoms with E-state index in [9.17, 15) is 9.59 Å². The van der Waals surface area contributed by atoms with Gasteiger partial charge in [-0.25, -0.2) is 9.79 Å². The number of aliphatic imine (C=N–C) groups is 1. The average Bonchev–Trinajstić information content (AvgIpc) is 2.74. The Morgan fingerprint density at radius 1 is 1.09 bits per heavy atom. The number of hydrogen-bond acceptors (Lipinski definition) is 5. The van der Waals surface area contributed by atoms with Gasteiger partial charge in [0.2, 0.25) is 0 Å². The summed E-state index contributed by atoms with van der Waals surface area (Å²) >= 11 is 0. The molecule has 2 atom stereocenters. The van der Waals surface area contributed by atoms with Crippen LogP contribution < -0.4 is 10.1 Å². The van der Waals surface area contributed by atoms with Crippen LogP contribution in [0.3, 0.4) is 0 Å². The number of rotatable bonds is 9. The number of amides is 2. The van der Waals surface area contributed by atoms with Crippen LogP contribution in [0.25, 0.3) is 0 Å². The lowest BCUT2D eigenvalue weighted by Crippen LogP contribution is -2.48. The number of benzene rings is 2. The lowest BCUT2D eigenvalue weighted by molar-refractivity contribution is -0.146. The normalized spacial score (nSPS) is 18.3. The van der Waals surface area contributed by atoms with Gasteiger partial charge in [0.05, 0.1) is 24.5 Å². The fraction of sp³-hybridized carbons (Fsp3) is 0.400. The van der Waals surface area contributed by atoms with Gasteiger partial charge in [-0.15, -0.1) is 0 Å². The Morgan fingerprint density at radius 2 is 1.78 bits per heavy atom. The molecule has 2 aromatic carbocycles. The summed E-state index contributed by atoms with van der Waals surface area (Å²) < 4.78 is 11.1. The molecule has 7 nitrogen and oxygen atoms in total. The quantitative estimate of drug-likeness (QED) is 0.600. The lowest BCUT2D eigenvalue weighted by atomic mass is 9.87. The van der Waals surface area contributed by atoms with Gasteiger partial charge < -0.3 is 14.8 Å². The van der Waals surface area contributed by atoms with E-state index in [1.165, 1.54) is 0 Å². The van der Waals surface area contributed by atoms with Crippen LogP contribution in [0.1, 0.15) is 37.9 Å². The first-order chi connectivity index (χ1) is 15.4. The summed E-state index contributed by atoms with van der Waals surface area (Å²) in [6.07, 6.45) is 0.0569. The van der Waals surface area contributed by atoms with Crippen LogP contribution in [-0.4, -0.2) is 48.9 Å². The molecule has 2 amide bonds. The summed E-state index contributed by atoms with van der Waals surface area (Å²) in [5.41, 5.74) is 2.43. The van der Waals surface area contributed by atoms with E-state index in [1.54, 1.807) is 6.92 Å². The van der Waals surface area contributed by atoms with Crippen LogP contribution in [0, 0.1) is 5.92 Å². The van der Waals surface area contributed by atoms with E-state index in [1.807, 2.05) is 80.4 Å². The van der Waals surface area contributed by atoms with E-state index in [-0.39, 0.29) is 12.7 Å². The van der Waals surface area contributed by atoms with Crippen LogP contribution in [0.2, 0.25) is 0 Å². The van der Waals surface area contributed by atoms with Gasteiger partial charge in [-0.1, -0.05) is 42.5 Å². The maximum atomic E-state index is 13.0. The molecule has 32 heavy (non-hydrogen) atoms. The predicted octanol–water partition coefficient (Wildman–Crippen LogP) is 3.99. The van der Waals surface area contributed by atoms with Gasteiger partial charge in [-0.3, -0.25) is 9.69 Å². The van der Waals surface area contributed by atoms with Gasteiger partial charge in [0.25, 0.3) is 0 Å². The van der Waals surface area contributed by atoms with Gasteiger partial charge in [-0.2, -0.15) is 0 Å². The van der Waals surface area contributed by atoms with E-state index in [4.69, 9.17) is 9.47 Å². The maximum absolute atomic E-state index is 13.0. The SMILES string of the molecule is CCOC(=O)C1C(CN(C)Cc2ccccc2)=NC(=O)NC1c1ccc(OC(C)C)cc1. The highest BCUT2D eigenvalue weighted by atomic mass is 16.5. The maximum Gasteiger partial charge on any atom is 0.341 e. The van der Waals surface area contributed by atoms with Gasteiger partial charge >= 0.3 is 12.0 Å². The second-order valence-electron chi connectivity index (χ2n) is 8.15. The number of ether oxygens (including phenoxy) is 2. The minimum atomic E-state index is -0.706. The first-order valence-corrected chi connectivity index (χ1v) is 10.9. The molecule has 1 aliphatic heterocycles. The number of nitrogens with one attached hydrogen (secondary N) is 1. The van der Waals surface area contributed by atoms with Crippen LogP contribution in [-0.2, 0) is 16.1 Å². The third-order valence-corrected chi connectivity index (χ3v) is 5.10. The van der Waals surface area contributed by atoms with Crippen molar-refractivity contribution in [1.29, 1.82) is 0 Å². The second-order valence-corrected chi connectivity index (χ2v) is 8.15. The van der Waals surface area contributed by atoms with E-state index in [0.29, 0.717) is 18.8 Å². The Labute approximate surface area is 189 Å². The molecule has 7 heteroatoms. The molecule has 0 bridgehead atoms. The summed E-state index contributed by atoms with van der Waals surface area (Å²) in [7, 11) is 1.94. The first kappa shape index (κ1) is 23.5. The molecule has 0 fully saturated rings. The lowest BCUT2D eigenvalue weighted by Gasteiger charge is -2.32. The number of esters is 1. The predicted molar refractivity (Wildman–Crippen MR) is 124 cm³/mol. The van der Waals surface area contributed by atoms with Crippen molar-refractivity contribution in [3.05, 3.63) is 65.7 Å². The van der Waals surface area contributed by atoms with Gasteiger partial charge in [-0.05, 0) is 51.1 Å². The molecule has 1 N–H and O–H groups in total. The number of carbonyl (C=O) groups is 2. The van der Waals surface area contributed by atoms with Gasteiger partial charge in [0.15, 0.2) is 0 Å². The van der Waals surface area contributed by atoms with Crippen molar-refractivity contribution < 1.29 is 19.1 Å². The molecule has 0 radical (unpaired) electrons. The van der Waals surface area contributed by atoms with Crippen molar-refractivity contribution in [3.63, 3.8) is 0 Å². The number of nitrogens with zero attached hydrogens (tertiary/aromatic N) is 2. The molecule has 3 rings (SSSR count). The monoisotopic (exact) mass is 437 g/mol. The average molecular weight is 438 g/mol. The summed E-state index contributed by atoms with van der Waals surface area (Å²) in [5, 5.41) is 2.85. The molecule has 0 saturated carbocycles. The summed E-state index contributed by atoms with van der Waals surface area (Å²) in [5.74, 6) is -0.371. The Kier molecular flexibility index (Phi) is 8.00. The van der Waals surface area contributed by atoms with Crippen molar-refractivity contribution in [2.75, 3.05) is 20.2 Å². The third kappa shape index (κ3) is 6.17. The van der Waals surface area contributed by atoms with E-state index in [0.717, 1.165) is 16.9 Å². The highest BCUT2D eigenvalue weighted by Crippen LogP contribution is 2.30. The molecule has 0 aromatic heterocycles. The highest BCUT2D eigenvalue weighted by Gasteiger charge is 2.40. The fourth-order valence-corrected chi connectivity index (χ4v) is 3.81. The van der Waals surface area contributed by atoms with E-state index in [2.05, 4.69) is 10.3 Å². The van der Waals surface area contributed by atoms with Crippen molar-refractivity contribution in [1.82, 2.24) is 10.2 Å². The minimum Gasteiger partial charge on any atom is -0.491 e. The first-order valence-electron chi connectivity index (χ1n) is 10.9. The zero-order valence-corrected chi connectivity index (χ0v) is 19.1. The molecule has 2 aromatic rings. The van der Waals surface area contributed by atoms with Crippen LogP contribution >= 0.6 is 0 Å². The summed E-state index contributed by atoms with van der Waals surface area (Å²) in [6, 6.07) is 16.4. The second kappa shape index (κ2) is 10.9. The van der Waals surface area contributed by atoms with Crippen molar-refractivity contribution in [2.24, 2.45) is 10.9 Å². The zero-order chi connectivity index (χ0) is 23.1. The molecule has 170 valence electrons. The largest absolute Gasteiger partial charge is 0.491 e. The summed E-state index contributed by atoms with van der Waals surface area (Å²) in [4.78, 5) is 31.6. The molecule has 0 saturated heterocycles. The molecular formula is C25H31N3O4.